The molecule has 1 atom stereocenters. The van der Waals surface area contributed by atoms with Gasteiger partial charge in [0.2, 0.25) is 5.91 Å². The molecule has 1 amide bonds. The van der Waals surface area contributed by atoms with Gasteiger partial charge in [0.25, 0.3) is 0 Å². The number of nitrogens with zero attached hydrogens (tertiary/aromatic N) is 2. The Morgan fingerprint density at radius 1 is 1.03 bits per heavy atom. The van der Waals surface area contributed by atoms with Gasteiger partial charge in [-0.1, -0.05) is 30.3 Å². The van der Waals surface area contributed by atoms with Gasteiger partial charge in [-0.3, -0.25) is 9.69 Å². The monoisotopic (exact) mass is 420 g/mol. The molecule has 1 fully saturated rings. The van der Waals surface area contributed by atoms with Crippen molar-refractivity contribution in [1.82, 2.24) is 9.80 Å². The molecule has 1 heterocycles. The summed E-state index contributed by atoms with van der Waals surface area (Å²) in [5.41, 5.74) is 1.04. The van der Waals surface area contributed by atoms with Crippen molar-refractivity contribution in [3.63, 3.8) is 0 Å². The van der Waals surface area contributed by atoms with Gasteiger partial charge in [-0.15, -0.1) is 0 Å². The third-order valence-corrected chi connectivity index (χ3v) is 5.54. The van der Waals surface area contributed by atoms with Crippen LogP contribution >= 0.6 is 0 Å². The minimum Gasteiger partial charge on any atom is -0.497 e. The summed E-state index contributed by atoms with van der Waals surface area (Å²) < 4.78 is 44.1. The Kier molecular flexibility index (Phi) is 7.02. The van der Waals surface area contributed by atoms with Crippen LogP contribution in [0.4, 0.5) is 13.2 Å². The van der Waals surface area contributed by atoms with Gasteiger partial charge in [0, 0.05) is 38.6 Å². The first-order valence-corrected chi connectivity index (χ1v) is 10.1. The molecule has 1 aliphatic rings. The second-order valence-electron chi connectivity index (χ2n) is 7.70. The molecule has 2 aromatic carbocycles. The van der Waals surface area contributed by atoms with E-state index in [9.17, 15) is 18.0 Å². The molecule has 0 N–H and O–H groups in total. The number of carbonyl (C=O) groups excluding carboxylic acids is 1. The van der Waals surface area contributed by atoms with E-state index in [0.29, 0.717) is 44.6 Å². The maximum Gasteiger partial charge on any atom is 0.416 e. The van der Waals surface area contributed by atoms with Crippen molar-refractivity contribution in [1.29, 1.82) is 0 Å². The molecule has 0 saturated carbocycles. The number of rotatable bonds is 6. The Balaban J connectivity index is 1.61. The molecule has 162 valence electrons. The number of methoxy groups -OCH3 is 1. The topological polar surface area (TPSA) is 32.8 Å². The molecule has 30 heavy (non-hydrogen) atoms. The van der Waals surface area contributed by atoms with E-state index in [-0.39, 0.29) is 11.9 Å². The first-order chi connectivity index (χ1) is 14.3. The van der Waals surface area contributed by atoms with Crippen LogP contribution in [0.25, 0.3) is 0 Å². The quantitative estimate of drug-likeness (QED) is 0.695. The van der Waals surface area contributed by atoms with Crippen LogP contribution in [0, 0.1) is 0 Å². The van der Waals surface area contributed by atoms with Crippen molar-refractivity contribution in [2.75, 3.05) is 26.7 Å². The van der Waals surface area contributed by atoms with E-state index in [4.69, 9.17) is 4.74 Å². The van der Waals surface area contributed by atoms with Crippen molar-refractivity contribution in [2.24, 2.45) is 0 Å². The Labute approximate surface area is 175 Å². The molecular weight excluding hydrogens is 393 g/mol. The first kappa shape index (κ1) is 22.2. The molecule has 0 unspecified atom stereocenters. The van der Waals surface area contributed by atoms with E-state index in [0.717, 1.165) is 17.4 Å². The van der Waals surface area contributed by atoms with Crippen molar-refractivity contribution >= 4 is 5.91 Å². The summed E-state index contributed by atoms with van der Waals surface area (Å²) in [5.74, 6) is 0.845. The van der Waals surface area contributed by atoms with Crippen LogP contribution < -0.4 is 4.74 Å². The van der Waals surface area contributed by atoms with E-state index in [1.54, 1.807) is 13.2 Å². The smallest absolute Gasteiger partial charge is 0.416 e. The van der Waals surface area contributed by atoms with Crippen LogP contribution in [-0.2, 0) is 23.9 Å². The summed E-state index contributed by atoms with van der Waals surface area (Å²) in [6, 6.07) is 13.2. The highest BCUT2D eigenvalue weighted by Crippen LogP contribution is 2.30. The molecule has 7 heteroatoms. The van der Waals surface area contributed by atoms with Crippen LogP contribution in [0.2, 0.25) is 0 Å². The highest BCUT2D eigenvalue weighted by molar-refractivity contribution is 5.76. The van der Waals surface area contributed by atoms with Crippen molar-refractivity contribution in [3.05, 3.63) is 65.2 Å². The minimum atomic E-state index is -4.34. The predicted molar refractivity (Wildman–Crippen MR) is 109 cm³/mol. The van der Waals surface area contributed by atoms with Gasteiger partial charge in [0.15, 0.2) is 0 Å². The average molecular weight is 420 g/mol. The molecule has 2 aromatic rings. The lowest BCUT2D eigenvalue weighted by molar-refractivity contribution is -0.137. The molecule has 3 rings (SSSR count). The molecule has 0 radical (unpaired) electrons. The number of hydrogen-bond acceptors (Lipinski definition) is 3. The zero-order valence-electron chi connectivity index (χ0n) is 17.3. The van der Waals surface area contributed by atoms with Crippen LogP contribution in [-0.4, -0.2) is 48.5 Å². The van der Waals surface area contributed by atoms with Crippen LogP contribution in [0.15, 0.2) is 48.5 Å². The summed E-state index contributed by atoms with van der Waals surface area (Å²) in [6.07, 6.45) is -3.43. The summed E-state index contributed by atoms with van der Waals surface area (Å²) in [4.78, 5) is 16.6. The highest BCUT2D eigenvalue weighted by atomic mass is 19.4. The van der Waals surface area contributed by atoms with Gasteiger partial charge < -0.3 is 9.64 Å². The fourth-order valence-corrected chi connectivity index (χ4v) is 3.83. The highest BCUT2D eigenvalue weighted by Gasteiger charge is 2.30. The van der Waals surface area contributed by atoms with E-state index in [2.05, 4.69) is 4.90 Å². The van der Waals surface area contributed by atoms with Crippen molar-refractivity contribution in [2.45, 2.75) is 38.5 Å². The summed E-state index contributed by atoms with van der Waals surface area (Å²) >= 11 is 0. The second-order valence-corrected chi connectivity index (χ2v) is 7.70. The fraction of sp³-hybridized carbons (Fsp3) is 0.435. The zero-order valence-corrected chi connectivity index (χ0v) is 17.3. The zero-order chi connectivity index (χ0) is 21.7. The Morgan fingerprint density at radius 2 is 1.77 bits per heavy atom. The van der Waals surface area contributed by atoms with Crippen molar-refractivity contribution in [3.8, 4) is 5.75 Å². The summed E-state index contributed by atoms with van der Waals surface area (Å²) in [5, 5.41) is 0. The number of amides is 1. The number of ether oxygens (including phenoxy) is 1. The average Bonchev–Trinajstić information content (AvgIpc) is 2.90. The predicted octanol–water partition coefficient (Wildman–Crippen LogP) is 4.38. The first-order valence-electron chi connectivity index (χ1n) is 10.1. The molecule has 1 saturated heterocycles. The molecule has 0 spiro atoms. The third-order valence-electron chi connectivity index (χ3n) is 5.54. The fourth-order valence-electron chi connectivity index (χ4n) is 3.83. The van der Waals surface area contributed by atoms with E-state index in [1.165, 1.54) is 12.1 Å². The SMILES string of the molecule is COc1cccc(CN2CCN([C@@H](C)Cc3cccc(C(F)(F)F)c3)CCC2=O)c1. The maximum absolute atomic E-state index is 13.0. The number of benzene rings is 2. The van der Waals surface area contributed by atoms with Gasteiger partial charge in [0.1, 0.15) is 5.75 Å². The third kappa shape index (κ3) is 5.75. The number of alkyl halides is 3. The number of halogens is 3. The molecular formula is C23H27F3N2O2. The summed E-state index contributed by atoms with van der Waals surface area (Å²) in [7, 11) is 1.61. The number of hydrogen-bond donors (Lipinski definition) is 0. The van der Waals surface area contributed by atoms with Gasteiger partial charge in [0.05, 0.1) is 12.7 Å². The minimum absolute atomic E-state index is 0.0399. The lowest BCUT2D eigenvalue weighted by atomic mass is 10.0. The molecule has 1 aliphatic heterocycles. The van der Waals surface area contributed by atoms with E-state index < -0.39 is 11.7 Å². The van der Waals surface area contributed by atoms with Crippen LogP contribution in [0.5, 0.6) is 5.75 Å². The molecule has 0 aliphatic carbocycles. The summed E-state index contributed by atoms with van der Waals surface area (Å²) in [6.45, 7) is 4.40. The lowest BCUT2D eigenvalue weighted by Gasteiger charge is -2.28. The number of carbonyl (C=O) groups is 1. The van der Waals surface area contributed by atoms with Crippen LogP contribution in [0.3, 0.4) is 0 Å². The second kappa shape index (κ2) is 9.51. The van der Waals surface area contributed by atoms with Gasteiger partial charge in [-0.25, -0.2) is 0 Å². The van der Waals surface area contributed by atoms with E-state index in [1.807, 2.05) is 36.1 Å². The Bertz CT molecular complexity index is 870. The standard InChI is InChI=1S/C23H27F3N2O2/c1-17(13-18-5-3-7-20(14-18)23(24,25)26)27-10-9-22(29)28(12-11-27)16-19-6-4-8-21(15-19)30-2/h3-8,14-15,17H,9-13,16H2,1-2H3/t17-/m0/s1. The lowest BCUT2D eigenvalue weighted by Crippen LogP contribution is -2.38. The van der Waals surface area contributed by atoms with E-state index >= 15 is 0 Å². The Hall–Kier alpha value is -2.54. The van der Waals surface area contributed by atoms with Gasteiger partial charge >= 0.3 is 6.18 Å². The maximum atomic E-state index is 13.0. The largest absolute Gasteiger partial charge is 0.497 e. The molecule has 4 nitrogen and oxygen atoms in total. The van der Waals surface area contributed by atoms with Gasteiger partial charge in [-0.05, 0) is 42.7 Å². The Morgan fingerprint density at radius 3 is 2.50 bits per heavy atom. The van der Waals surface area contributed by atoms with Gasteiger partial charge in [-0.2, -0.15) is 13.2 Å². The molecule has 0 bridgehead atoms. The van der Waals surface area contributed by atoms with Crippen molar-refractivity contribution < 1.29 is 22.7 Å². The normalized spacial score (nSPS) is 17.0. The van der Waals surface area contributed by atoms with Crippen LogP contribution in [0.1, 0.15) is 30.0 Å². The molecule has 0 aromatic heterocycles.